The molecule has 0 heterocycles. The van der Waals surface area contributed by atoms with Crippen molar-refractivity contribution in [3.8, 4) is 46.0 Å². The van der Waals surface area contributed by atoms with Crippen molar-refractivity contribution >= 4 is 0 Å². The predicted molar refractivity (Wildman–Crippen MR) is 191 cm³/mol. The zero-order valence-electron chi connectivity index (χ0n) is 30.7. The van der Waals surface area contributed by atoms with Gasteiger partial charge in [-0.25, -0.2) is 0 Å². The maximum absolute atomic E-state index is 11.4. The maximum Gasteiger partial charge on any atom is 0.203 e. The van der Waals surface area contributed by atoms with E-state index in [2.05, 4.69) is 55.4 Å². The third-order valence-electron chi connectivity index (χ3n) is 8.10. The topological polar surface area (TPSA) is 95.8 Å². The zero-order valence-corrected chi connectivity index (χ0v) is 30.7. The molecular weight excluding hydrogens is 596 g/mol. The van der Waals surface area contributed by atoms with Gasteiger partial charge in [0.15, 0.2) is 23.0 Å². The summed E-state index contributed by atoms with van der Waals surface area (Å²) in [6.45, 7) is 19.6. The maximum atomic E-state index is 11.4. The van der Waals surface area contributed by atoms with Crippen LogP contribution in [0.15, 0.2) is 12.1 Å². The molecule has 0 bridgehead atoms. The lowest BCUT2D eigenvalue weighted by Crippen LogP contribution is -2.25. The lowest BCUT2D eigenvalue weighted by atomic mass is 9.75. The van der Waals surface area contributed by atoms with Crippen LogP contribution in [0.2, 0.25) is 0 Å². The van der Waals surface area contributed by atoms with E-state index in [0.717, 1.165) is 88.2 Å². The summed E-state index contributed by atoms with van der Waals surface area (Å²) in [6, 6.07) is 3.30. The monoisotopic (exact) mass is 660 g/mol. The number of phenolic OH excluding ortho intramolecular Hbond substituents is 2. The SMILES string of the molecule is CCCCOc1cc(O)c(OCCCC)c(OCCCC)c1C(C)(C)c1c(OCCCC)cc(O)c(OCCCC)c1OCCCC. The first-order chi connectivity index (χ1) is 22.7. The molecule has 0 aliphatic rings. The predicted octanol–water partition coefficient (Wildman–Crippen LogP) is 10.5. The second-order valence-electron chi connectivity index (χ2n) is 12.7. The van der Waals surface area contributed by atoms with Crippen LogP contribution >= 0.6 is 0 Å². The molecule has 0 aliphatic carbocycles. The fourth-order valence-corrected chi connectivity index (χ4v) is 5.23. The minimum absolute atomic E-state index is 0.0215. The van der Waals surface area contributed by atoms with Gasteiger partial charge in [0.25, 0.3) is 0 Å². The minimum Gasteiger partial charge on any atom is -0.504 e. The van der Waals surface area contributed by atoms with Crippen molar-refractivity contribution in [3.05, 3.63) is 23.3 Å². The fraction of sp³-hybridized carbons (Fsp3) is 0.692. The molecule has 0 amide bonds. The summed E-state index contributed by atoms with van der Waals surface area (Å²) in [5.74, 6) is 2.49. The zero-order chi connectivity index (χ0) is 34.7. The first-order valence-corrected chi connectivity index (χ1v) is 18.3. The van der Waals surface area contributed by atoms with E-state index < -0.39 is 5.41 Å². The molecule has 0 unspecified atom stereocenters. The summed E-state index contributed by atoms with van der Waals surface area (Å²) >= 11 is 0. The van der Waals surface area contributed by atoms with E-state index in [-0.39, 0.29) is 11.5 Å². The van der Waals surface area contributed by atoms with Crippen molar-refractivity contribution in [2.45, 2.75) is 138 Å². The molecule has 2 aromatic carbocycles. The first-order valence-electron chi connectivity index (χ1n) is 18.3. The van der Waals surface area contributed by atoms with Crippen molar-refractivity contribution in [1.82, 2.24) is 0 Å². The van der Waals surface area contributed by atoms with Crippen molar-refractivity contribution in [3.63, 3.8) is 0 Å². The first kappa shape index (κ1) is 40.0. The molecule has 0 radical (unpaired) electrons. The van der Waals surface area contributed by atoms with Crippen LogP contribution in [-0.2, 0) is 5.41 Å². The second kappa shape index (κ2) is 21.7. The average molecular weight is 661 g/mol. The average Bonchev–Trinajstić information content (AvgIpc) is 3.03. The molecule has 2 N–H and O–H groups in total. The Morgan fingerprint density at radius 3 is 0.957 bits per heavy atom. The summed E-state index contributed by atoms with van der Waals surface area (Å²) < 4.78 is 38.5. The highest BCUT2D eigenvalue weighted by atomic mass is 16.5. The van der Waals surface area contributed by atoms with E-state index in [9.17, 15) is 10.2 Å². The summed E-state index contributed by atoms with van der Waals surface area (Å²) in [4.78, 5) is 0. The number of unbranched alkanes of at least 4 members (excludes halogenated alkanes) is 6. The molecule has 0 atom stereocenters. The van der Waals surface area contributed by atoms with Crippen molar-refractivity contribution in [2.24, 2.45) is 0 Å². The third-order valence-corrected chi connectivity index (χ3v) is 8.10. The molecule has 0 fully saturated rings. The summed E-state index contributed by atoms with van der Waals surface area (Å²) in [6.07, 6.45) is 10.8. The third kappa shape index (κ3) is 11.5. The van der Waals surface area contributed by atoms with Gasteiger partial charge in [0.2, 0.25) is 11.5 Å². The van der Waals surface area contributed by atoms with Gasteiger partial charge in [-0.15, -0.1) is 0 Å². The molecule has 2 aromatic rings. The normalized spacial score (nSPS) is 11.4. The Labute approximate surface area is 285 Å². The van der Waals surface area contributed by atoms with E-state index in [1.165, 1.54) is 0 Å². The Morgan fingerprint density at radius 2 is 0.681 bits per heavy atom. The van der Waals surface area contributed by atoms with E-state index in [4.69, 9.17) is 28.4 Å². The summed E-state index contributed by atoms with van der Waals surface area (Å²) in [7, 11) is 0. The Bertz CT molecular complexity index is 1090. The Morgan fingerprint density at radius 1 is 0.426 bits per heavy atom. The highest BCUT2D eigenvalue weighted by Gasteiger charge is 2.41. The van der Waals surface area contributed by atoms with Crippen LogP contribution in [0.4, 0.5) is 0 Å². The molecule has 2 rings (SSSR count). The molecule has 8 nitrogen and oxygen atoms in total. The van der Waals surface area contributed by atoms with Crippen molar-refractivity contribution in [1.29, 1.82) is 0 Å². The lowest BCUT2D eigenvalue weighted by Gasteiger charge is -2.34. The number of phenols is 2. The molecular formula is C39H64O8. The highest BCUT2D eigenvalue weighted by Crippen LogP contribution is 2.57. The van der Waals surface area contributed by atoms with Gasteiger partial charge in [-0.05, 0) is 38.5 Å². The Hall–Kier alpha value is -3.16. The summed E-state index contributed by atoms with van der Waals surface area (Å²) in [5.41, 5.74) is 0.555. The molecule has 8 heteroatoms. The second-order valence-corrected chi connectivity index (χ2v) is 12.7. The van der Waals surface area contributed by atoms with Gasteiger partial charge in [0.05, 0.1) is 50.8 Å². The van der Waals surface area contributed by atoms with E-state index in [0.29, 0.717) is 74.1 Å². The van der Waals surface area contributed by atoms with E-state index in [1.54, 1.807) is 12.1 Å². The van der Waals surface area contributed by atoms with E-state index >= 15 is 0 Å². The molecule has 0 saturated heterocycles. The molecule has 0 aromatic heterocycles. The van der Waals surface area contributed by atoms with Crippen LogP contribution in [0, 0.1) is 0 Å². The van der Waals surface area contributed by atoms with Crippen molar-refractivity contribution < 1.29 is 38.6 Å². The van der Waals surface area contributed by atoms with Gasteiger partial charge in [0.1, 0.15) is 11.5 Å². The highest BCUT2D eigenvalue weighted by molar-refractivity contribution is 5.71. The minimum atomic E-state index is -0.890. The number of benzene rings is 2. The van der Waals surface area contributed by atoms with Crippen LogP contribution in [0.5, 0.6) is 46.0 Å². The quantitative estimate of drug-likeness (QED) is 0.0963. The number of ether oxygens (including phenoxy) is 6. The van der Waals surface area contributed by atoms with Crippen LogP contribution < -0.4 is 28.4 Å². The van der Waals surface area contributed by atoms with Gasteiger partial charge in [0, 0.05) is 17.5 Å². The van der Waals surface area contributed by atoms with E-state index in [1.807, 2.05) is 0 Å². The van der Waals surface area contributed by atoms with Gasteiger partial charge in [-0.3, -0.25) is 0 Å². The fourth-order valence-electron chi connectivity index (χ4n) is 5.23. The van der Waals surface area contributed by atoms with Gasteiger partial charge in [-0.2, -0.15) is 0 Å². The number of rotatable bonds is 26. The van der Waals surface area contributed by atoms with Crippen molar-refractivity contribution in [2.75, 3.05) is 39.6 Å². The van der Waals surface area contributed by atoms with Crippen LogP contribution in [0.1, 0.15) is 144 Å². The van der Waals surface area contributed by atoms with Gasteiger partial charge >= 0.3 is 0 Å². The Kier molecular flexibility index (Phi) is 18.4. The van der Waals surface area contributed by atoms with Crippen LogP contribution in [0.25, 0.3) is 0 Å². The smallest absolute Gasteiger partial charge is 0.203 e. The van der Waals surface area contributed by atoms with Gasteiger partial charge < -0.3 is 38.6 Å². The van der Waals surface area contributed by atoms with Crippen LogP contribution in [0.3, 0.4) is 0 Å². The summed E-state index contributed by atoms with van der Waals surface area (Å²) in [5, 5.41) is 22.7. The Balaban J connectivity index is 3.03. The largest absolute Gasteiger partial charge is 0.504 e. The van der Waals surface area contributed by atoms with Crippen LogP contribution in [-0.4, -0.2) is 49.9 Å². The standard InChI is InChI=1S/C39H64O8/c1-9-15-21-42-31-27-29(40)35(44-23-17-11-3)37(46-25-19-13-5)33(31)39(7,8)34-32(43-22-16-10-2)28-30(41)36(45-24-18-12-4)38(34)47-26-20-14-6/h27-28,40-41H,9-26H2,1-8H3. The number of aromatic hydroxyl groups is 2. The lowest BCUT2D eigenvalue weighted by molar-refractivity contribution is 0.233. The number of hydrogen-bond acceptors (Lipinski definition) is 8. The molecule has 268 valence electrons. The molecule has 0 aliphatic heterocycles. The molecule has 0 saturated carbocycles. The molecule has 47 heavy (non-hydrogen) atoms. The van der Waals surface area contributed by atoms with Gasteiger partial charge in [-0.1, -0.05) is 93.9 Å². The molecule has 0 spiro atoms. The number of hydrogen-bond donors (Lipinski definition) is 2.